The molecule has 2 fully saturated rings. The molecule has 0 N–H and O–H groups in total. The average molecular weight is 535 g/mol. The lowest BCUT2D eigenvalue weighted by atomic mass is 9.73. The van der Waals surface area contributed by atoms with E-state index in [1.54, 1.807) is 0 Å². The Labute approximate surface area is 235 Å². The fourth-order valence-corrected chi connectivity index (χ4v) is 6.64. The minimum atomic E-state index is -0.343. The Morgan fingerprint density at radius 1 is 0.553 bits per heavy atom. The lowest BCUT2D eigenvalue weighted by Crippen LogP contribution is -2.36. The van der Waals surface area contributed by atoms with Crippen molar-refractivity contribution in [2.24, 2.45) is 35.5 Å². The molecule has 0 heterocycles. The molecule has 0 aromatic heterocycles. The van der Waals surface area contributed by atoms with Gasteiger partial charge in [-0.05, 0) is 49.4 Å². The summed E-state index contributed by atoms with van der Waals surface area (Å²) in [6.45, 7) is 10.00. The first-order chi connectivity index (χ1) is 18.4. The second-order valence-electron chi connectivity index (χ2n) is 13.5. The third-order valence-electron chi connectivity index (χ3n) is 9.06. The zero-order valence-corrected chi connectivity index (χ0v) is 25.7. The smallest absolute Gasteiger partial charge is 0.309 e. The van der Waals surface area contributed by atoms with Gasteiger partial charge in [-0.2, -0.15) is 0 Å². The highest BCUT2D eigenvalue weighted by Crippen LogP contribution is 2.38. The summed E-state index contributed by atoms with van der Waals surface area (Å²) in [5.74, 6) is 1.56. The van der Waals surface area contributed by atoms with Crippen LogP contribution in [0.4, 0.5) is 0 Å². The van der Waals surface area contributed by atoms with Crippen molar-refractivity contribution in [2.75, 3.05) is 13.2 Å². The fourth-order valence-electron chi connectivity index (χ4n) is 6.64. The molecule has 2 unspecified atom stereocenters. The second kappa shape index (κ2) is 19.9. The molecule has 0 amide bonds. The van der Waals surface area contributed by atoms with E-state index in [4.69, 9.17) is 9.47 Å². The van der Waals surface area contributed by atoms with Crippen LogP contribution in [0.1, 0.15) is 156 Å². The quantitative estimate of drug-likeness (QED) is 0.122. The van der Waals surface area contributed by atoms with E-state index in [9.17, 15) is 9.59 Å². The van der Waals surface area contributed by atoms with Crippen LogP contribution in [0.5, 0.6) is 0 Å². The third-order valence-corrected chi connectivity index (χ3v) is 9.06. The van der Waals surface area contributed by atoms with E-state index >= 15 is 0 Å². The molecule has 0 radical (unpaired) electrons. The lowest BCUT2D eigenvalue weighted by Gasteiger charge is -2.32. The summed E-state index contributed by atoms with van der Waals surface area (Å²) in [5, 5.41) is 0. The van der Waals surface area contributed by atoms with Crippen molar-refractivity contribution in [1.29, 1.82) is 0 Å². The van der Waals surface area contributed by atoms with E-state index in [-0.39, 0.29) is 23.8 Å². The molecule has 0 aromatic rings. The van der Waals surface area contributed by atoms with Crippen molar-refractivity contribution in [3.8, 4) is 0 Å². The van der Waals surface area contributed by atoms with Crippen LogP contribution in [-0.4, -0.2) is 25.2 Å². The van der Waals surface area contributed by atoms with Gasteiger partial charge in [0.2, 0.25) is 0 Å². The van der Waals surface area contributed by atoms with Gasteiger partial charge in [-0.25, -0.2) is 0 Å². The Hall–Kier alpha value is -1.06. The molecule has 0 aliphatic heterocycles. The van der Waals surface area contributed by atoms with E-state index in [1.807, 2.05) is 0 Å². The van der Waals surface area contributed by atoms with Crippen LogP contribution in [0.3, 0.4) is 0 Å². The maximum Gasteiger partial charge on any atom is 0.309 e. The predicted molar refractivity (Wildman–Crippen MR) is 158 cm³/mol. The van der Waals surface area contributed by atoms with Gasteiger partial charge >= 0.3 is 11.9 Å². The van der Waals surface area contributed by atoms with Crippen LogP contribution in [0.25, 0.3) is 0 Å². The minimum Gasteiger partial charge on any atom is -0.465 e. The molecule has 4 heteroatoms. The summed E-state index contributed by atoms with van der Waals surface area (Å²) in [6, 6.07) is 0. The summed E-state index contributed by atoms with van der Waals surface area (Å²) in [4.78, 5) is 27.2. The summed E-state index contributed by atoms with van der Waals surface area (Å²) >= 11 is 0. The van der Waals surface area contributed by atoms with Crippen molar-refractivity contribution in [3.05, 3.63) is 0 Å². The van der Waals surface area contributed by atoms with Crippen LogP contribution in [0, 0.1) is 35.5 Å². The van der Waals surface area contributed by atoms with Crippen LogP contribution in [-0.2, 0) is 19.1 Å². The molecule has 0 bridgehead atoms. The van der Waals surface area contributed by atoms with E-state index in [0.29, 0.717) is 25.0 Å². The maximum absolute atomic E-state index is 13.6. The summed E-state index contributed by atoms with van der Waals surface area (Å²) in [6.07, 6.45) is 22.8. The van der Waals surface area contributed by atoms with E-state index in [2.05, 4.69) is 27.7 Å². The highest BCUT2D eigenvalue weighted by atomic mass is 16.5. The number of ether oxygens (including phenoxy) is 2. The second-order valence-corrected chi connectivity index (χ2v) is 13.5. The van der Waals surface area contributed by atoms with Crippen molar-refractivity contribution in [2.45, 2.75) is 156 Å². The number of esters is 2. The van der Waals surface area contributed by atoms with Crippen LogP contribution in [0.15, 0.2) is 0 Å². The molecule has 222 valence electrons. The van der Waals surface area contributed by atoms with E-state index in [0.717, 1.165) is 50.4 Å². The number of hydrogen-bond acceptors (Lipinski definition) is 4. The number of unbranched alkanes of at least 4 members (excludes halogenated alkanes) is 4. The largest absolute Gasteiger partial charge is 0.465 e. The Kier molecular flexibility index (Phi) is 17.4. The third kappa shape index (κ3) is 14.4. The van der Waals surface area contributed by atoms with Gasteiger partial charge in [0, 0.05) is 0 Å². The first-order valence-electron chi connectivity index (χ1n) is 16.7. The highest BCUT2D eigenvalue weighted by molar-refractivity contribution is 5.82. The van der Waals surface area contributed by atoms with Gasteiger partial charge in [0.25, 0.3) is 0 Å². The van der Waals surface area contributed by atoms with Crippen molar-refractivity contribution >= 4 is 11.9 Å². The van der Waals surface area contributed by atoms with Gasteiger partial charge < -0.3 is 9.47 Å². The van der Waals surface area contributed by atoms with Crippen molar-refractivity contribution < 1.29 is 19.1 Å². The molecule has 2 aliphatic carbocycles. The van der Waals surface area contributed by atoms with Crippen LogP contribution in [0.2, 0.25) is 0 Å². The summed E-state index contributed by atoms with van der Waals surface area (Å²) in [5.41, 5.74) is 0. The first-order valence-corrected chi connectivity index (χ1v) is 16.7. The lowest BCUT2D eigenvalue weighted by molar-refractivity contribution is -0.163. The monoisotopic (exact) mass is 534 g/mol. The minimum absolute atomic E-state index is 0.130. The average Bonchev–Trinajstić information content (AvgIpc) is 2.90. The number of carbonyl (C=O) groups excluding carboxylic acids is 2. The maximum atomic E-state index is 13.6. The van der Waals surface area contributed by atoms with E-state index < -0.39 is 0 Å². The molecule has 2 atom stereocenters. The standard InChI is InChI=1S/C34H62O4/c1-27(2)17-9-7-15-23-37-33(35)31(25-29-19-11-5-12-20-29)32(26-30-21-13-6-14-22-30)34(36)38-24-16-8-10-18-28(3)4/h27-32H,5-26H2,1-4H3. The van der Waals surface area contributed by atoms with Gasteiger partial charge in [0.15, 0.2) is 0 Å². The number of rotatable bonds is 19. The molecule has 4 nitrogen and oxygen atoms in total. The van der Waals surface area contributed by atoms with Gasteiger partial charge in [-0.1, -0.05) is 130 Å². The molecule has 2 saturated carbocycles. The Morgan fingerprint density at radius 3 is 1.26 bits per heavy atom. The van der Waals surface area contributed by atoms with Gasteiger partial charge in [0.05, 0.1) is 25.0 Å². The van der Waals surface area contributed by atoms with E-state index in [1.165, 1.54) is 89.9 Å². The van der Waals surface area contributed by atoms with Gasteiger partial charge in [-0.3, -0.25) is 9.59 Å². The Balaban J connectivity index is 2.02. The summed E-state index contributed by atoms with van der Waals surface area (Å²) < 4.78 is 11.8. The van der Waals surface area contributed by atoms with Crippen LogP contribution >= 0.6 is 0 Å². The molecular weight excluding hydrogens is 472 g/mol. The van der Waals surface area contributed by atoms with Crippen molar-refractivity contribution in [3.63, 3.8) is 0 Å². The van der Waals surface area contributed by atoms with Crippen molar-refractivity contribution in [1.82, 2.24) is 0 Å². The molecule has 38 heavy (non-hydrogen) atoms. The molecule has 0 saturated heterocycles. The Morgan fingerprint density at radius 2 is 0.921 bits per heavy atom. The molecule has 0 spiro atoms. The normalized spacial score (nSPS) is 19.0. The molecule has 2 rings (SSSR count). The molecule has 0 aromatic carbocycles. The highest BCUT2D eigenvalue weighted by Gasteiger charge is 2.39. The molecular formula is C34H62O4. The topological polar surface area (TPSA) is 52.6 Å². The number of carbonyl (C=O) groups is 2. The van der Waals surface area contributed by atoms with Gasteiger partial charge in [-0.15, -0.1) is 0 Å². The Bertz CT molecular complexity index is 562. The first kappa shape index (κ1) is 33.1. The summed E-state index contributed by atoms with van der Waals surface area (Å²) in [7, 11) is 0. The van der Waals surface area contributed by atoms with Gasteiger partial charge in [0.1, 0.15) is 0 Å². The molecule has 2 aliphatic rings. The predicted octanol–water partition coefficient (Wildman–Crippen LogP) is 9.68. The fraction of sp³-hybridized carbons (Fsp3) is 0.941. The zero-order chi connectivity index (χ0) is 27.6. The van der Waals surface area contributed by atoms with Crippen LogP contribution < -0.4 is 0 Å². The zero-order valence-electron chi connectivity index (χ0n) is 25.7. The SMILES string of the molecule is CC(C)CCCCCOC(=O)C(CC1CCCCC1)C(CC1CCCCC1)C(=O)OCCCCCC(C)C. The number of hydrogen-bond donors (Lipinski definition) is 0.